The summed E-state index contributed by atoms with van der Waals surface area (Å²) in [5.74, 6) is 0.567. The summed E-state index contributed by atoms with van der Waals surface area (Å²) in [6, 6.07) is -0.309. The topological polar surface area (TPSA) is 97.6 Å². The van der Waals surface area contributed by atoms with E-state index in [2.05, 4.69) is 15.5 Å². The van der Waals surface area contributed by atoms with Crippen molar-refractivity contribution < 1.29 is 18.8 Å². The average molecular weight is 310 g/mol. The van der Waals surface area contributed by atoms with Crippen LogP contribution in [0.1, 0.15) is 52.3 Å². The molecule has 8 heteroatoms. The second-order valence-corrected chi connectivity index (χ2v) is 6.27. The second-order valence-electron chi connectivity index (χ2n) is 6.27. The molecular weight excluding hydrogens is 288 g/mol. The number of hydrogen-bond donors (Lipinski definition) is 1. The van der Waals surface area contributed by atoms with Gasteiger partial charge in [0, 0.05) is 11.8 Å². The monoisotopic (exact) mass is 310 g/mol. The highest BCUT2D eigenvalue weighted by Gasteiger charge is 2.35. The third kappa shape index (κ3) is 3.75. The molecule has 1 fully saturated rings. The molecule has 2 heterocycles. The Kier molecular flexibility index (Phi) is 4.68. The fourth-order valence-corrected chi connectivity index (χ4v) is 1.99. The maximum Gasteiger partial charge on any atom is 0.320 e. The van der Waals surface area contributed by atoms with Crippen molar-refractivity contribution in [3.05, 3.63) is 11.7 Å². The average Bonchev–Trinajstić information content (AvgIpc) is 3.00. The molecule has 0 radical (unpaired) electrons. The van der Waals surface area contributed by atoms with Crippen LogP contribution >= 0.6 is 0 Å². The lowest BCUT2D eigenvalue weighted by molar-refractivity contribution is -0.154. The van der Waals surface area contributed by atoms with Gasteiger partial charge in [0.15, 0.2) is 12.1 Å². The van der Waals surface area contributed by atoms with Gasteiger partial charge in [-0.25, -0.2) is 4.79 Å². The Balaban J connectivity index is 2.04. The molecule has 8 nitrogen and oxygen atoms in total. The quantitative estimate of drug-likeness (QED) is 0.829. The minimum Gasteiger partial charge on any atom is -0.439 e. The molecule has 2 rings (SSSR count). The van der Waals surface area contributed by atoms with Gasteiger partial charge in [-0.2, -0.15) is 4.98 Å². The van der Waals surface area contributed by atoms with E-state index in [1.807, 2.05) is 27.7 Å². The largest absolute Gasteiger partial charge is 0.439 e. The number of ether oxygens (including phenoxy) is 1. The van der Waals surface area contributed by atoms with Crippen LogP contribution in [0, 0.1) is 0 Å². The zero-order valence-electron chi connectivity index (χ0n) is 13.4. The van der Waals surface area contributed by atoms with Gasteiger partial charge in [-0.05, 0) is 6.42 Å². The number of carbonyl (C=O) groups excluding carboxylic acids is 2. The summed E-state index contributed by atoms with van der Waals surface area (Å²) in [5, 5.41) is 6.53. The van der Waals surface area contributed by atoms with Crippen LogP contribution in [0.5, 0.6) is 0 Å². The standard InChI is InChI=1S/C14H22N4O4/c1-5-6-11(19)21-10-7-15-13(20)18(10)8-9-16-12(22-17-9)14(2,3)4/h10H,5-8H2,1-4H3,(H,15,20). The Bertz CT molecular complexity index is 549. The van der Waals surface area contributed by atoms with Gasteiger partial charge in [-0.15, -0.1) is 0 Å². The Morgan fingerprint density at radius 1 is 1.50 bits per heavy atom. The minimum absolute atomic E-state index is 0.134. The molecule has 1 unspecified atom stereocenters. The van der Waals surface area contributed by atoms with Gasteiger partial charge in [0.05, 0.1) is 13.1 Å². The zero-order valence-corrected chi connectivity index (χ0v) is 13.4. The van der Waals surface area contributed by atoms with Crippen LogP contribution in [0.2, 0.25) is 0 Å². The predicted molar refractivity (Wildman–Crippen MR) is 76.7 cm³/mol. The molecule has 1 aromatic heterocycles. The van der Waals surface area contributed by atoms with E-state index in [1.165, 1.54) is 4.90 Å². The molecule has 0 aliphatic carbocycles. The Morgan fingerprint density at radius 3 is 2.82 bits per heavy atom. The highest BCUT2D eigenvalue weighted by atomic mass is 16.6. The van der Waals surface area contributed by atoms with Crippen LogP contribution in [0.15, 0.2) is 4.52 Å². The van der Waals surface area contributed by atoms with Crippen LogP contribution in [0.4, 0.5) is 4.79 Å². The maximum atomic E-state index is 11.9. The minimum atomic E-state index is -0.636. The molecule has 2 amide bonds. The summed E-state index contributed by atoms with van der Waals surface area (Å²) >= 11 is 0. The van der Waals surface area contributed by atoms with Crippen molar-refractivity contribution in [2.24, 2.45) is 0 Å². The van der Waals surface area contributed by atoms with Gasteiger partial charge in [0.25, 0.3) is 0 Å². The van der Waals surface area contributed by atoms with Gasteiger partial charge < -0.3 is 14.6 Å². The predicted octanol–water partition coefficient (Wildman–Crippen LogP) is 1.56. The SMILES string of the molecule is CCCC(=O)OC1CNC(=O)N1Cc1noc(C(C)(C)C)n1. The summed E-state index contributed by atoms with van der Waals surface area (Å²) in [5.41, 5.74) is -0.258. The highest BCUT2D eigenvalue weighted by molar-refractivity contribution is 5.77. The first-order valence-corrected chi connectivity index (χ1v) is 7.38. The molecule has 22 heavy (non-hydrogen) atoms. The number of carbonyl (C=O) groups is 2. The molecule has 1 aliphatic heterocycles. The molecule has 0 saturated carbocycles. The summed E-state index contributed by atoms with van der Waals surface area (Å²) < 4.78 is 10.5. The molecular formula is C14H22N4O4. The Labute approximate surface area is 129 Å². The van der Waals surface area contributed by atoms with Crippen molar-refractivity contribution in [3.8, 4) is 0 Å². The lowest BCUT2D eigenvalue weighted by Crippen LogP contribution is -2.37. The third-order valence-electron chi connectivity index (χ3n) is 3.18. The van der Waals surface area contributed by atoms with E-state index in [4.69, 9.17) is 9.26 Å². The first-order valence-electron chi connectivity index (χ1n) is 7.38. The number of urea groups is 1. The van der Waals surface area contributed by atoms with Gasteiger partial charge >= 0.3 is 12.0 Å². The number of nitrogens with one attached hydrogen (secondary N) is 1. The van der Waals surface area contributed by atoms with Crippen LogP contribution in [-0.4, -0.2) is 39.8 Å². The van der Waals surface area contributed by atoms with Gasteiger partial charge in [0.2, 0.25) is 5.89 Å². The van der Waals surface area contributed by atoms with E-state index < -0.39 is 6.23 Å². The fraction of sp³-hybridized carbons (Fsp3) is 0.714. The molecule has 0 spiro atoms. The van der Waals surface area contributed by atoms with Crippen molar-refractivity contribution in [3.63, 3.8) is 0 Å². The summed E-state index contributed by atoms with van der Waals surface area (Å²) in [6.45, 7) is 8.17. The van der Waals surface area contributed by atoms with E-state index in [1.54, 1.807) is 0 Å². The molecule has 0 aromatic carbocycles. The molecule has 1 atom stereocenters. The van der Waals surface area contributed by atoms with Crippen molar-refractivity contribution >= 4 is 12.0 Å². The van der Waals surface area contributed by atoms with E-state index in [0.717, 1.165) is 0 Å². The summed E-state index contributed by atoms with van der Waals surface area (Å²) in [4.78, 5) is 29.2. The smallest absolute Gasteiger partial charge is 0.320 e. The van der Waals surface area contributed by atoms with Crippen molar-refractivity contribution in [2.45, 2.75) is 58.7 Å². The number of nitrogens with zero attached hydrogens (tertiary/aromatic N) is 3. The molecule has 1 N–H and O–H groups in total. The maximum absolute atomic E-state index is 11.9. The van der Waals surface area contributed by atoms with Crippen molar-refractivity contribution in [1.29, 1.82) is 0 Å². The number of esters is 1. The Hall–Kier alpha value is -2.12. The zero-order chi connectivity index (χ0) is 16.3. The van der Waals surface area contributed by atoms with Gasteiger partial charge in [-0.1, -0.05) is 32.9 Å². The Morgan fingerprint density at radius 2 is 2.23 bits per heavy atom. The van der Waals surface area contributed by atoms with E-state index in [-0.39, 0.29) is 30.5 Å². The fourth-order valence-electron chi connectivity index (χ4n) is 1.99. The van der Waals surface area contributed by atoms with Gasteiger partial charge in [-0.3, -0.25) is 9.69 Å². The lowest BCUT2D eigenvalue weighted by atomic mass is 9.97. The van der Waals surface area contributed by atoms with E-state index >= 15 is 0 Å². The van der Waals surface area contributed by atoms with Crippen molar-refractivity contribution in [1.82, 2.24) is 20.4 Å². The van der Waals surface area contributed by atoms with Crippen LogP contribution in [0.3, 0.4) is 0 Å². The number of hydrogen-bond acceptors (Lipinski definition) is 6. The summed E-state index contributed by atoms with van der Waals surface area (Å²) in [7, 11) is 0. The first kappa shape index (κ1) is 16.3. The normalized spacial score (nSPS) is 18.5. The van der Waals surface area contributed by atoms with Gasteiger partial charge in [0.1, 0.15) is 0 Å². The number of rotatable bonds is 5. The van der Waals surface area contributed by atoms with E-state index in [0.29, 0.717) is 24.6 Å². The molecule has 1 aliphatic rings. The first-order chi connectivity index (χ1) is 10.3. The van der Waals surface area contributed by atoms with Crippen LogP contribution < -0.4 is 5.32 Å². The molecule has 1 saturated heterocycles. The number of aromatic nitrogens is 2. The van der Waals surface area contributed by atoms with Crippen LogP contribution in [0.25, 0.3) is 0 Å². The van der Waals surface area contributed by atoms with E-state index in [9.17, 15) is 9.59 Å². The van der Waals surface area contributed by atoms with Crippen LogP contribution in [-0.2, 0) is 21.5 Å². The number of amides is 2. The third-order valence-corrected chi connectivity index (χ3v) is 3.18. The highest BCUT2D eigenvalue weighted by Crippen LogP contribution is 2.21. The summed E-state index contributed by atoms with van der Waals surface area (Å²) in [6.07, 6.45) is 0.393. The second kappa shape index (κ2) is 6.33. The lowest BCUT2D eigenvalue weighted by Gasteiger charge is -2.21. The molecule has 1 aromatic rings. The molecule has 122 valence electrons. The van der Waals surface area contributed by atoms with Crippen molar-refractivity contribution in [2.75, 3.05) is 6.54 Å². The molecule has 0 bridgehead atoms.